The molecule has 0 unspecified atom stereocenters. The molecule has 2 aromatic carbocycles. The van der Waals surface area contributed by atoms with E-state index in [1.807, 2.05) is 29.5 Å². The van der Waals surface area contributed by atoms with E-state index >= 15 is 0 Å². The molecule has 0 amide bonds. The molecule has 47 heavy (non-hydrogen) atoms. The van der Waals surface area contributed by atoms with Gasteiger partial charge >= 0.3 is 0 Å². The van der Waals surface area contributed by atoms with Crippen LogP contribution in [-0.4, -0.2) is 48.6 Å². The number of allylic oxidation sites excluding steroid dienone is 6. The van der Waals surface area contributed by atoms with Gasteiger partial charge in [0.1, 0.15) is 6.54 Å². The number of ether oxygens (including phenoxy) is 1. The fourth-order valence-corrected chi connectivity index (χ4v) is 9.53. The molecule has 0 atom stereocenters. The lowest BCUT2D eigenvalue weighted by molar-refractivity contribution is -0.436. The molecule has 4 heterocycles. The number of hydrogen-bond donors (Lipinski definition) is 1. The molecule has 4 aromatic rings. The van der Waals surface area contributed by atoms with Gasteiger partial charge in [-0.05, 0) is 63.1 Å². The highest BCUT2D eigenvalue weighted by Crippen LogP contribution is 2.53. The SMILES string of the molecule is CCC[N+]1=C(C=CC=CC=C2N(CCCS(=O)(=O)O)c3c(ccc4sc(OC=O)cc34)C2(C)C)C(C)(C)c2ccc3sc(C)cc3c21. The lowest BCUT2D eigenvalue weighted by Crippen LogP contribution is -2.28. The number of carbonyl (C=O) groups excluding carboxylic acids is 1. The molecule has 10 heteroatoms. The van der Waals surface area contributed by atoms with Gasteiger partial charge in [0.25, 0.3) is 16.6 Å². The predicted octanol–water partition coefficient (Wildman–Crippen LogP) is 8.82. The molecule has 246 valence electrons. The van der Waals surface area contributed by atoms with Gasteiger partial charge in [0.15, 0.2) is 10.8 Å². The standard InChI is InChI=1S/C37H40N2O5S3/c1-7-18-38-31(36(3,4)27-14-16-29-25(34(27)38)21-24(2)45-29)12-9-8-10-13-32-37(5,6)28-15-17-30-26(22-33(46-30)44-23-40)35(28)39(32)19-11-20-47(41,42)43/h8-10,12-17,21-23H,7,11,18-20H2,1-6H3/p+1. The van der Waals surface area contributed by atoms with Crippen molar-refractivity contribution in [1.82, 2.24) is 0 Å². The quantitative estimate of drug-likeness (QED) is 0.0733. The molecule has 0 saturated carbocycles. The van der Waals surface area contributed by atoms with Crippen molar-refractivity contribution < 1.29 is 27.1 Å². The van der Waals surface area contributed by atoms with Crippen LogP contribution in [0.1, 0.15) is 63.5 Å². The minimum absolute atomic E-state index is 0.144. The zero-order chi connectivity index (χ0) is 33.7. The van der Waals surface area contributed by atoms with Crippen LogP contribution in [0.4, 0.5) is 11.4 Å². The summed E-state index contributed by atoms with van der Waals surface area (Å²) in [4.78, 5) is 14.5. The number of rotatable bonds is 11. The van der Waals surface area contributed by atoms with Gasteiger partial charge < -0.3 is 9.64 Å². The Kier molecular flexibility index (Phi) is 8.84. The van der Waals surface area contributed by atoms with Crippen LogP contribution >= 0.6 is 22.7 Å². The zero-order valence-corrected chi connectivity index (χ0v) is 30.1. The maximum atomic E-state index is 11.6. The minimum Gasteiger partial charge on any atom is -0.418 e. The Morgan fingerprint density at radius 1 is 0.957 bits per heavy atom. The number of carbonyl (C=O) groups is 1. The number of thiophene rings is 2. The molecule has 0 fully saturated rings. The molecule has 0 saturated heterocycles. The number of aryl methyl sites for hydroxylation is 1. The summed E-state index contributed by atoms with van der Waals surface area (Å²) in [5.74, 6) is -0.327. The molecule has 0 spiro atoms. The second kappa shape index (κ2) is 12.5. The third-order valence-corrected chi connectivity index (χ3v) is 12.1. The number of nitrogens with zero attached hydrogens (tertiary/aromatic N) is 2. The van der Waals surface area contributed by atoms with E-state index in [4.69, 9.17) is 4.74 Å². The Balaban J connectivity index is 1.36. The number of hydrogen-bond acceptors (Lipinski definition) is 7. The lowest BCUT2D eigenvalue weighted by atomic mass is 9.81. The Hall–Kier alpha value is -3.57. The average Bonchev–Trinajstić information content (AvgIpc) is 3.68. The first-order valence-electron chi connectivity index (χ1n) is 15.9. The van der Waals surface area contributed by atoms with Crippen LogP contribution in [0.5, 0.6) is 5.06 Å². The van der Waals surface area contributed by atoms with Gasteiger partial charge in [0.2, 0.25) is 5.69 Å². The number of anilines is 1. The largest absolute Gasteiger partial charge is 0.418 e. The molecule has 6 rings (SSSR count). The molecule has 1 N–H and O–H groups in total. The second-order valence-corrected chi connectivity index (χ2v) is 17.2. The second-order valence-electron chi connectivity index (χ2n) is 13.3. The molecular formula is C37H41N2O5S3+. The van der Waals surface area contributed by atoms with Crippen LogP contribution in [0.2, 0.25) is 0 Å². The van der Waals surface area contributed by atoms with Crippen molar-refractivity contribution in [2.24, 2.45) is 0 Å². The van der Waals surface area contributed by atoms with E-state index in [1.165, 1.54) is 43.3 Å². The third kappa shape index (κ3) is 6.01. The van der Waals surface area contributed by atoms with Crippen molar-refractivity contribution in [2.75, 3.05) is 23.7 Å². The fourth-order valence-electron chi connectivity index (χ4n) is 7.23. The predicted molar refractivity (Wildman–Crippen MR) is 196 cm³/mol. The van der Waals surface area contributed by atoms with Gasteiger partial charge in [0, 0.05) is 61.4 Å². The Morgan fingerprint density at radius 3 is 2.38 bits per heavy atom. The maximum Gasteiger partial charge on any atom is 0.299 e. The van der Waals surface area contributed by atoms with Crippen LogP contribution in [0, 0.1) is 6.92 Å². The smallest absolute Gasteiger partial charge is 0.299 e. The molecule has 7 nitrogen and oxygen atoms in total. The lowest BCUT2D eigenvalue weighted by Gasteiger charge is -2.27. The van der Waals surface area contributed by atoms with Crippen molar-refractivity contribution in [3.63, 3.8) is 0 Å². The van der Waals surface area contributed by atoms with Gasteiger partial charge in [-0.15, -0.1) is 11.3 Å². The summed E-state index contributed by atoms with van der Waals surface area (Å²) in [5.41, 5.74) is 6.54. The normalized spacial score (nSPS) is 18.0. The molecule has 0 radical (unpaired) electrons. The van der Waals surface area contributed by atoms with E-state index in [9.17, 15) is 17.8 Å². The summed E-state index contributed by atoms with van der Waals surface area (Å²) >= 11 is 3.24. The third-order valence-electron chi connectivity index (χ3n) is 9.32. The van der Waals surface area contributed by atoms with Crippen LogP contribution < -0.4 is 9.64 Å². The summed E-state index contributed by atoms with van der Waals surface area (Å²) in [6, 6.07) is 12.9. The molecule has 0 aliphatic carbocycles. The average molecular weight is 690 g/mol. The van der Waals surface area contributed by atoms with E-state index in [0.29, 0.717) is 18.1 Å². The van der Waals surface area contributed by atoms with Gasteiger partial charge in [-0.1, -0.05) is 56.4 Å². The summed E-state index contributed by atoms with van der Waals surface area (Å²) in [5, 5.41) is 2.78. The zero-order valence-electron chi connectivity index (χ0n) is 27.7. The molecule has 2 aliphatic rings. The van der Waals surface area contributed by atoms with Gasteiger partial charge in [-0.2, -0.15) is 13.0 Å². The van der Waals surface area contributed by atoms with Crippen LogP contribution in [0.25, 0.3) is 20.2 Å². The van der Waals surface area contributed by atoms with Crippen molar-refractivity contribution in [3.8, 4) is 5.06 Å². The van der Waals surface area contributed by atoms with Gasteiger partial charge in [-0.25, -0.2) is 0 Å². The maximum absolute atomic E-state index is 11.6. The number of benzene rings is 2. The molecular weight excluding hydrogens is 649 g/mol. The Bertz CT molecular complexity index is 2130. The van der Waals surface area contributed by atoms with Gasteiger partial charge in [0.05, 0.1) is 22.2 Å². The van der Waals surface area contributed by atoms with E-state index in [1.54, 1.807) is 0 Å². The topological polar surface area (TPSA) is 86.9 Å². The van der Waals surface area contributed by atoms with E-state index < -0.39 is 10.1 Å². The van der Waals surface area contributed by atoms with Crippen LogP contribution in [-0.2, 0) is 25.7 Å². The summed E-state index contributed by atoms with van der Waals surface area (Å²) in [7, 11) is -4.10. The monoisotopic (exact) mass is 689 g/mol. The Labute approximate surface area is 284 Å². The van der Waals surface area contributed by atoms with E-state index in [2.05, 4.69) is 99.6 Å². The summed E-state index contributed by atoms with van der Waals surface area (Å²) < 4.78 is 42.6. The molecule has 0 bridgehead atoms. The number of fused-ring (bicyclic) bond motifs is 6. The summed E-state index contributed by atoms with van der Waals surface area (Å²) in [6.45, 7) is 15.1. The molecule has 2 aromatic heterocycles. The summed E-state index contributed by atoms with van der Waals surface area (Å²) in [6.07, 6.45) is 11.8. The first-order chi connectivity index (χ1) is 22.3. The van der Waals surface area contributed by atoms with Crippen LogP contribution in [0.15, 0.2) is 72.5 Å². The highest BCUT2D eigenvalue weighted by molar-refractivity contribution is 7.85. The Morgan fingerprint density at radius 2 is 1.68 bits per heavy atom. The van der Waals surface area contributed by atoms with Gasteiger partial charge in [-0.3, -0.25) is 9.35 Å². The van der Waals surface area contributed by atoms with E-state index in [0.717, 1.165) is 40.0 Å². The van der Waals surface area contributed by atoms with Crippen LogP contribution in [0.3, 0.4) is 0 Å². The molecule has 2 aliphatic heterocycles. The first-order valence-corrected chi connectivity index (χ1v) is 19.2. The van der Waals surface area contributed by atoms with Crippen molar-refractivity contribution in [3.05, 3.63) is 88.5 Å². The van der Waals surface area contributed by atoms with Crippen molar-refractivity contribution >= 4 is 76.5 Å². The van der Waals surface area contributed by atoms with Crippen molar-refractivity contribution in [2.45, 2.75) is 65.2 Å². The van der Waals surface area contributed by atoms with E-state index in [-0.39, 0.29) is 23.0 Å². The first kappa shape index (κ1) is 33.3. The minimum atomic E-state index is -4.10. The highest BCUT2D eigenvalue weighted by Gasteiger charge is 2.45. The highest BCUT2D eigenvalue weighted by atomic mass is 32.2. The fraction of sp³-hybridized carbons (Fsp3) is 0.351. The van der Waals surface area contributed by atoms with Crippen molar-refractivity contribution in [1.29, 1.82) is 0 Å².